The number of hydrogen-bond donors (Lipinski definition) is 0. The number of halogens is 2. The minimum Gasteiger partial charge on any atom is -0.468 e. The van der Waals surface area contributed by atoms with E-state index in [2.05, 4.69) is 4.74 Å². The van der Waals surface area contributed by atoms with Crippen LogP contribution in [0.3, 0.4) is 0 Å². The van der Waals surface area contributed by atoms with Crippen molar-refractivity contribution in [3.63, 3.8) is 0 Å². The number of carbonyl (C=O) groups excluding carboxylic acids is 2. The molecule has 5 heteroatoms. The van der Waals surface area contributed by atoms with Crippen LogP contribution in [0.15, 0.2) is 18.2 Å². The summed E-state index contributed by atoms with van der Waals surface area (Å²) in [6, 6.07) is 2.88. The summed E-state index contributed by atoms with van der Waals surface area (Å²) < 4.78 is 30.4. The number of benzene rings is 1. The topological polar surface area (TPSA) is 43.4 Å². The molecular formula is C13H14F2O3. The smallest absolute Gasteiger partial charge is 0.316 e. The van der Waals surface area contributed by atoms with Gasteiger partial charge in [-0.3, -0.25) is 9.59 Å². The second-order valence-corrected chi connectivity index (χ2v) is 3.90. The fourth-order valence-electron chi connectivity index (χ4n) is 1.71. The van der Waals surface area contributed by atoms with Gasteiger partial charge in [0.1, 0.15) is 17.6 Å². The van der Waals surface area contributed by atoms with Gasteiger partial charge >= 0.3 is 5.97 Å². The van der Waals surface area contributed by atoms with Crippen LogP contribution in [-0.2, 0) is 20.7 Å². The highest BCUT2D eigenvalue weighted by molar-refractivity contribution is 5.99. The third kappa shape index (κ3) is 3.61. The number of rotatable bonds is 5. The Morgan fingerprint density at radius 3 is 2.22 bits per heavy atom. The van der Waals surface area contributed by atoms with E-state index < -0.39 is 29.3 Å². The lowest BCUT2D eigenvalue weighted by atomic mass is 9.95. The predicted molar refractivity (Wildman–Crippen MR) is 60.9 cm³/mol. The van der Waals surface area contributed by atoms with E-state index in [-0.39, 0.29) is 12.0 Å². The number of methoxy groups -OCH3 is 1. The number of esters is 1. The Hall–Kier alpha value is -1.78. The Morgan fingerprint density at radius 1 is 1.22 bits per heavy atom. The van der Waals surface area contributed by atoms with Crippen molar-refractivity contribution in [2.45, 2.75) is 19.8 Å². The van der Waals surface area contributed by atoms with Crippen LogP contribution in [0.2, 0.25) is 0 Å². The molecule has 0 aromatic heterocycles. The van der Waals surface area contributed by atoms with Crippen LogP contribution in [0.5, 0.6) is 0 Å². The molecule has 0 aliphatic rings. The first-order valence-corrected chi connectivity index (χ1v) is 5.53. The first-order valence-electron chi connectivity index (χ1n) is 5.53. The largest absolute Gasteiger partial charge is 0.468 e. The Morgan fingerprint density at radius 2 is 1.78 bits per heavy atom. The molecule has 1 rings (SSSR count). The molecule has 1 aromatic carbocycles. The molecule has 0 spiro atoms. The Balaban J connectivity index is 2.82. The molecule has 98 valence electrons. The minimum atomic E-state index is -0.888. The van der Waals surface area contributed by atoms with Crippen LogP contribution in [0.4, 0.5) is 8.78 Å². The number of carbonyl (C=O) groups is 2. The van der Waals surface area contributed by atoms with E-state index in [9.17, 15) is 18.4 Å². The summed E-state index contributed by atoms with van der Waals surface area (Å²) in [4.78, 5) is 23.1. The standard InChI is InChI=1S/C13H14F2O3/c1-3-11(13(17)18-2)12(16)6-8-4-9(14)7-10(15)5-8/h4-5,7,11H,3,6H2,1-2H3. The van der Waals surface area contributed by atoms with Crippen molar-refractivity contribution in [1.82, 2.24) is 0 Å². The lowest BCUT2D eigenvalue weighted by molar-refractivity contribution is -0.149. The van der Waals surface area contributed by atoms with Crippen molar-refractivity contribution < 1.29 is 23.1 Å². The summed E-state index contributed by atoms with van der Waals surface area (Å²) in [6.07, 6.45) is 0.103. The highest BCUT2D eigenvalue weighted by Crippen LogP contribution is 2.14. The molecule has 1 unspecified atom stereocenters. The van der Waals surface area contributed by atoms with Crippen molar-refractivity contribution in [2.75, 3.05) is 7.11 Å². The molecular weight excluding hydrogens is 242 g/mol. The fourth-order valence-corrected chi connectivity index (χ4v) is 1.71. The van der Waals surface area contributed by atoms with E-state index in [4.69, 9.17) is 0 Å². The van der Waals surface area contributed by atoms with Gasteiger partial charge in [0.05, 0.1) is 7.11 Å². The van der Waals surface area contributed by atoms with Crippen molar-refractivity contribution in [3.05, 3.63) is 35.4 Å². The molecule has 0 bridgehead atoms. The van der Waals surface area contributed by atoms with Gasteiger partial charge in [-0.15, -0.1) is 0 Å². The zero-order valence-corrected chi connectivity index (χ0v) is 10.2. The number of hydrogen-bond acceptors (Lipinski definition) is 3. The van der Waals surface area contributed by atoms with Gasteiger partial charge in [0.15, 0.2) is 5.78 Å². The van der Waals surface area contributed by atoms with Crippen LogP contribution in [0, 0.1) is 17.6 Å². The van der Waals surface area contributed by atoms with Crippen molar-refractivity contribution >= 4 is 11.8 Å². The molecule has 0 saturated carbocycles. The average molecular weight is 256 g/mol. The third-order valence-corrected chi connectivity index (χ3v) is 2.58. The summed E-state index contributed by atoms with van der Waals surface area (Å²) in [5, 5.41) is 0. The molecule has 18 heavy (non-hydrogen) atoms. The van der Waals surface area contributed by atoms with Crippen LogP contribution < -0.4 is 0 Å². The average Bonchev–Trinajstić information content (AvgIpc) is 2.28. The lowest BCUT2D eigenvalue weighted by Gasteiger charge is -2.11. The van der Waals surface area contributed by atoms with Gasteiger partial charge in [0.25, 0.3) is 0 Å². The molecule has 0 amide bonds. The zero-order chi connectivity index (χ0) is 13.7. The van der Waals surface area contributed by atoms with E-state index in [0.717, 1.165) is 18.2 Å². The van der Waals surface area contributed by atoms with Crippen LogP contribution in [0.25, 0.3) is 0 Å². The Bertz CT molecular complexity index is 437. The lowest BCUT2D eigenvalue weighted by Crippen LogP contribution is -2.26. The molecule has 1 atom stereocenters. The van der Waals surface area contributed by atoms with Crippen molar-refractivity contribution in [1.29, 1.82) is 0 Å². The molecule has 0 aliphatic carbocycles. The fraction of sp³-hybridized carbons (Fsp3) is 0.385. The SMILES string of the molecule is CCC(C(=O)Cc1cc(F)cc(F)c1)C(=O)OC. The number of ketones is 1. The first-order chi connectivity index (χ1) is 8.47. The second-order valence-electron chi connectivity index (χ2n) is 3.90. The van der Waals surface area contributed by atoms with Crippen LogP contribution in [-0.4, -0.2) is 18.9 Å². The zero-order valence-electron chi connectivity index (χ0n) is 10.2. The highest BCUT2D eigenvalue weighted by Gasteiger charge is 2.25. The van der Waals surface area contributed by atoms with E-state index in [1.807, 2.05) is 0 Å². The van der Waals surface area contributed by atoms with Gasteiger partial charge in [-0.25, -0.2) is 8.78 Å². The number of Topliss-reactive ketones (excluding diaryl/α,β-unsaturated/α-hetero) is 1. The highest BCUT2D eigenvalue weighted by atomic mass is 19.1. The quantitative estimate of drug-likeness (QED) is 0.599. The maximum atomic E-state index is 12.9. The summed E-state index contributed by atoms with van der Waals surface area (Å²) in [5.74, 6) is -3.41. The number of ether oxygens (including phenoxy) is 1. The summed E-state index contributed by atoms with van der Waals surface area (Å²) >= 11 is 0. The van der Waals surface area contributed by atoms with Gasteiger partial charge < -0.3 is 4.74 Å². The van der Waals surface area contributed by atoms with Crippen LogP contribution in [0.1, 0.15) is 18.9 Å². The predicted octanol–water partition coefficient (Wildman–Crippen LogP) is 2.28. The van der Waals surface area contributed by atoms with E-state index in [1.54, 1.807) is 6.92 Å². The Kier molecular flexibility index (Phi) is 4.95. The second kappa shape index (κ2) is 6.23. The molecule has 0 saturated heterocycles. The van der Waals surface area contributed by atoms with Gasteiger partial charge in [-0.05, 0) is 24.1 Å². The third-order valence-electron chi connectivity index (χ3n) is 2.58. The van der Waals surface area contributed by atoms with Gasteiger partial charge in [0.2, 0.25) is 0 Å². The van der Waals surface area contributed by atoms with E-state index >= 15 is 0 Å². The van der Waals surface area contributed by atoms with E-state index in [0.29, 0.717) is 6.42 Å². The summed E-state index contributed by atoms with van der Waals surface area (Å²) in [6.45, 7) is 1.67. The molecule has 0 N–H and O–H groups in total. The van der Waals surface area contributed by atoms with Crippen LogP contribution >= 0.6 is 0 Å². The molecule has 0 aliphatic heterocycles. The van der Waals surface area contributed by atoms with Gasteiger partial charge in [-0.1, -0.05) is 6.92 Å². The maximum Gasteiger partial charge on any atom is 0.316 e. The van der Waals surface area contributed by atoms with Crippen molar-refractivity contribution in [3.8, 4) is 0 Å². The minimum absolute atomic E-state index is 0.192. The van der Waals surface area contributed by atoms with Gasteiger partial charge in [0, 0.05) is 12.5 Å². The molecule has 0 radical (unpaired) electrons. The van der Waals surface area contributed by atoms with Gasteiger partial charge in [-0.2, -0.15) is 0 Å². The maximum absolute atomic E-state index is 12.9. The first kappa shape index (κ1) is 14.3. The Labute approximate surface area is 104 Å². The summed E-state index contributed by atoms with van der Waals surface area (Å²) in [7, 11) is 1.19. The molecule has 1 aromatic rings. The monoisotopic (exact) mass is 256 g/mol. The normalized spacial score (nSPS) is 12.0. The molecule has 3 nitrogen and oxygen atoms in total. The van der Waals surface area contributed by atoms with Crippen molar-refractivity contribution in [2.24, 2.45) is 5.92 Å². The molecule has 0 heterocycles. The van der Waals surface area contributed by atoms with E-state index in [1.165, 1.54) is 7.11 Å². The molecule has 0 fully saturated rings. The summed E-state index contributed by atoms with van der Waals surface area (Å²) in [5.41, 5.74) is 0.208.